The van der Waals surface area contributed by atoms with Gasteiger partial charge in [-0.1, -0.05) is 50.3 Å². The number of hydrogen-bond acceptors (Lipinski definition) is 6. The Labute approximate surface area is 307 Å². The molecule has 4 heterocycles. The Bertz CT molecular complexity index is 2220. The molecule has 0 N–H and O–H groups in total. The summed E-state index contributed by atoms with van der Waals surface area (Å²) in [7, 11) is 4.64. The molecule has 8 bridgehead atoms. The van der Waals surface area contributed by atoms with E-state index in [9.17, 15) is 9.59 Å². The molecule has 270 valence electrons. The first kappa shape index (κ1) is 30.4. The van der Waals surface area contributed by atoms with Crippen LogP contribution in [0.15, 0.2) is 36.4 Å². The first-order chi connectivity index (χ1) is 24.6. The van der Waals surface area contributed by atoms with Crippen molar-refractivity contribution >= 4 is 11.6 Å². The van der Waals surface area contributed by atoms with Gasteiger partial charge in [0, 0.05) is 78.6 Å². The molecule has 4 aliphatic heterocycles. The van der Waals surface area contributed by atoms with Crippen LogP contribution in [0.25, 0.3) is 0 Å². The van der Waals surface area contributed by atoms with Gasteiger partial charge in [-0.2, -0.15) is 0 Å². The Morgan fingerprint density at radius 1 is 0.712 bits per heavy atom. The number of carbonyl (C=O) groups is 2. The standard InChI is InChI=1S/C23H27NO2.C23H25NO2/c2*1-12-5-6-14-9-22-11-23-16(14)17(12)26-19(23)20(3)7-8-21(23,18(22)24(22)4)10-15(20)13(2)25/h5-6,15,18-19H,7-11H2,1-4H3;5-8,15,18-19H,9-11H2,1-4H3/t2*15?,18-,19?,20?,21?,22+,23-,24?/m00/s1. The summed E-state index contributed by atoms with van der Waals surface area (Å²) in [5, 5.41) is 0. The molecule has 2 aromatic carbocycles. The van der Waals surface area contributed by atoms with Gasteiger partial charge in [-0.05, 0) is 115 Å². The van der Waals surface area contributed by atoms with E-state index < -0.39 is 0 Å². The molecule has 52 heavy (non-hydrogen) atoms. The van der Waals surface area contributed by atoms with Crippen LogP contribution in [0.3, 0.4) is 0 Å². The largest absolute Gasteiger partial charge is 0.488 e. The van der Waals surface area contributed by atoms with Gasteiger partial charge in [0.25, 0.3) is 0 Å². The summed E-state index contributed by atoms with van der Waals surface area (Å²) in [5.74, 6) is 3.29. The van der Waals surface area contributed by atoms with Gasteiger partial charge in [-0.3, -0.25) is 19.4 Å². The second-order valence-corrected chi connectivity index (χ2v) is 21.0. The van der Waals surface area contributed by atoms with Crippen LogP contribution in [0.4, 0.5) is 0 Å². The third-order valence-corrected chi connectivity index (χ3v) is 19.7. The van der Waals surface area contributed by atoms with Crippen molar-refractivity contribution in [1.82, 2.24) is 9.80 Å². The van der Waals surface area contributed by atoms with Crippen LogP contribution in [-0.2, 0) is 33.3 Å². The second kappa shape index (κ2) is 8.03. The predicted octanol–water partition coefficient (Wildman–Crippen LogP) is 6.58. The lowest BCUT2D eigenvalue weighted by Crippen LogP contribution is -2.70. The van der Waals surface area contributed by atoms with Gasteiger partial charge in [0.15, 0.2) is 0 Å². The average Bonchev–Trinajstić information content (AvgIpc) is 3.53. The molecule has 6 nitrogen and oxygen atoms in total. The van der Waals surface area contributed by atoms with Crippen molar-refractivity contribution in [2.75, 3.05) is 14.1 Å². The number of ketones is 2. The molecule has 16 atom stereocenters. The zero-order valence-electron chi connectivity index (χ0n) is 32.1. The zero-order valence-corrected chi connectivity index (χ0v) is 32.1. The van der Waals surface area contributed by atoms with Crippen LogP contribution in [0.5, 0.6) is 11.5 Å². The van der Waals surface area contributed by atoms with Crippen LogP contribution in [0.1, 0.15) is 99.6 Å². The van der Waals surface area contributed by atoms with Crippen molar-refractivity contribution < 1.29 is 19.1 Å². The fourth-order valence-corrected chi connectivity index (χ4v) is 18.1. The van der Waals surface area contributed by atoms with E-state index in [4.69, 9.17) is 9.47 Å². The number of benzene rings is 2. The van der Waals surface area contributed by atoms with E-state index in [0.717, 1.165) is 31.4 Å². The number of Topliss-reactive ketones (excluding diaryl/α,β-unsaturated/α-hetero) is 2. The smallest absolute Gasteiger partial charge is 0.133 e. The van der Waals surface area contributed by atoms with Crippen molar-refractivity contribution in [3.63, 3.8) is 0 Å². The Balaban J connectivity index is 0.000000113. The summed E-state index contributed by atoms with van der Waals surface area (Å²) in [5.41, 5.74) is 9.65. The van der Waals surface area contributed by atoms with Crippen molar-refractivity contribution in [3.05, 3.63) is 69.8 Å². The van der Waals surface area contributed by atoms with E-state index in [1.165, 1.54) is 53.7 Å². The predicted molar refractivity (Wildman–Crippen MR) is 197 cm³/mol. The van der Waals surface area contributed by atoms with Gasteiger partial charge in [0.05, 0.1) is 0 Å². The summed E-state index contributed by atoms with van der Waals surface area (Å²) in [6.07, 6.45) is 14.5. The van der Waals surface area contributed by atoms with Crippen LogP contribution in [0, 0.1) is 47.3 Å². The highest BCUT2D eigenvalue weighted by Crippen LogP contribution is 2.86. The number of aryl methyl sites for hydroxylation is 2. The van der Waals surface area contributed by atoms with Gasteiger partial charge in [-0.15, -0.1) is 0 Å². The number of likely N-dealkylation sites (N-methyl/N-ethyl adjacent to an activating group) is 2. The molecular formula is C46H52N2O4. The minimum Gasteiger partial charge on any atom is -0.488 e. The summed E-state index contributed by atoms with van der Waals surface area (Å²) < 4.78 is 13.7. The number of hydrogen-bond donors (Lipinski definition) is 0. The lowest BCUT2D eigenvalue weighted by molar-refractivity contribution is -0.187. The summed E-state index contributed by atoms with van der Waals surface area (Å²) in [6.45, 7) is 12.7. The summed E-state index contributed by atoms with van der Waals surface area (Å²) in [6, 6.07) is 10.5. The monoisotopic (exact) mass is 696 g/mol. The maximum absolute atomic E-state index is 12.7. The molecule has 10 aliphatic carbocycles. The van der Waals surface area contributed by atoms with E-state index in [0.29, 0.717) is 29.2 Å². The molecule has 0 aromatic heterocycles. The van der Waals surface area contributed by atoms with Crippen LogP contribution < -0.4 is 9.47 Å². The van der Waals surface area contributed by atoms with Crippen LogP contribution in [-0.4, -0.2) is 70.8 Å². The molecule has 8 fully saturated rings. The Hall–Kier alpha value is -2.96. The van der Waals surface area contributed by atoms with E-state index in [1.807, 2.05) is 6.92 Å². The second-order valence-electron chi connectivity index (χ2n) is 21.0. The number of rotatable bonds is 2. The fourth-order valence-electron chi connectivity index (χ4n) is 18.1. The van der Waals surface area contributed by atoms with Crippen molar-refractivity contribution in [2.24, 2.45) is 33.5 Å². The van der Waals surface area contributed by atoms with Crippen molar-refractivity contribution in [2.45, 2.75) is 139 Å². The first-order valence-electron chi connectivity index (χ1n) is 20.4. The molecule has 6 heteroatoms. The number of nitrogens with zero attached hydrogens (tertiary/aromatic N) is 2. The molecule has 0 radical (unpaired) electrons. The molecule has 6 spiro atoms. The minimum atomic E-state index is -0.190. The number of carbonyl (C=O) groups excluding carboxylic acids is 2. The SMILES string of the molecule is CC(=O)C1CC23C=CC1(C)C1Oc4c(C)ccc5c4[C@@]12C[C@]1(C5)[C@H]3N1C.CC(=O)C1CC23CCC1(C)C1Oc4c(C)ccc5c4[C@@]12C[C@]1(C5)[C@H]3N1C. The molecule has 0 amide bonds. The summed E-state index contributed by atoms with van der Waals surface area (Å²) >= 11 is 0. The highest BCUT2D eigenvalue weighted by atomic mass is 16.5. The zero-order chi connectivity index (χ0) is 35.7. The maximum Gasteiger partial charge on any atom is 0.133 e. The quantitative estimate of drug-likeness (QED) is 0.261. The summed E-state index contributed by atoms with van der Waals surface area (Å²) in [4.78, 5) is 30.7. The Morgan fingerprint density at radius 3 is 1.94 bits per heavy atom. The highest BCUT2D eigenvalue weighted by Gasteiger charge is 2.91. The molecule has 6 saturated carbocycles. The van der Waals surface area contributed by atoms with Gasteiger partial charge in [0.1, 0.15) is 35.3 Å². The topological polar surface area (TPSA) is 58.6 Å². The lowest BCUT2D eigenvalue weighted by atomic mass is 9.37. The van der Waals surface area contributed by atoms with E-state index >= 15 is 0 Å². The third kappa shape index (κ3) is 2.52. The minimum absolute atomic E-state index is 0.00973. The van der Waals surface area contributed by atoms with Crippen molar-refractivity contribution in [3.8, 4) is 11.5 Å². The highest BCUT2D eigenvalue weighted by molar-refractivity contribution is 5.82. The number of ether oxygens (including phenoxy) is 2. The molecule has 14 aliphatic rings. The van der Waals surface area contributed by atoms with E-state index in [2.05, 4.69) is 88.0 Å². The van der Waals surface area contributed by atoms with E-state index in [-0.39, 0.29) is 62.1 Å². The molecule has 10 unspecified atom stereocenters. The van der Waals surface area contributed by atoms with Crippen LogP contribution in [0.2, 0.25) is 0 Å². The van der Waals surface area contributed by atoms with Gasteiger partial charge < -0.3 is 9.47 Å². The Kier molecular flexibility index (Phi) is 4.69. The number of piperidine rings is 2. The molecule has 16 rings (SSSR count). The van der Waals surface area contributed by atoms with Gasteiger partial charge in [-0.25, -0.2) is 0 Å². The van der Waals surface area contributed by atoms with Gasteiger partial charge >= 0.3 is 0 Å². The van der Waals surface area contributed by atoms with E-state index in [1.54, 1.807) is 18.1 Å². The Morgan fingerprint density at radius 2 is 1.29 bits per heavy atom. The maximum atomic E-state index is 12.7. The average molecular weight is 697 g/mol. The molecule has 2 saturated heterocycles. The first-order valence-corrected chi connectivity index (χ1v) is 20.4. The molecular weight excluding hydrogens is 645 g/mol. The van der Waals surface area contributed by atoms with Crippen molar-refractivity contribution in [1.29, 1.82) is 0 Å². The molecule has 2 aromatic rings. The normalized spacial score (nSPS) is 55.7. The van der Waals surface area contributed by atoms with Crippen LogP contribution >= 0.6 is 0 Å². The number of likely N-dealkylation sites (tertiary alicyclic amines) is 2. The van der Waals surface area contributed by atoms with Gasteiger partial charge in [0.2, 0.25) is 0 Å². The fraction of sp³-hybridized carbons (Fsp3) is 0.652. The number of fused-ring (bicyclic) bond motifs is 3. The third-order valence-electron chi connectivity index (χ3n) is 19.7. The lowest BCUT2D eigenvalue weighted by Gasteiger charge is -2.66.